The molecule has 1 aliphatic rings. The number of hydrogen-bond donors (Lipinski definition) is 1. The standard InChI is InChI=1S/C15H21N3O2S/c1-3-7-12(19)13(11-8-5-4-6-9-11)16-15(20)14-10(2)17-18-21-14/h3,7,11,13H,4-6,8-9H2,1-2H3,(H,16,20). The normalized spacial score (nSPS) is 17.8. The zero-order valence-electron chi connectivity index (χ0n) is 12.5. The van der Waals surface area contributed by atoms with E-state index in [1.54, 1.807) is 19.1 Å². The monoisotopic (exact) mass is 307 g/mol. The van der Waals surface area contributed by atoms with Crippen molar-refractivity contribution in [2.75, 3.05) is 0 Å². The number of nitrogens with one attached hydrogen (secondary N) is 1. The molecule has 1 aromatic rings. The molecule has 1 atom stereocenters. The molecule has 1 unspecified atom stereocenters. The van der Waals surface area contributed by atoms with Crippen LogP contribution < -0.4 is 5.32 Å². The maximum absolute atomic E-state index is 12.3. The Morgan fingerprint density at radius 2 is 2.05 bits per heavy atom. The molecule has 1 aliphatic carbocycles. The summed E-state index contributed by atoms with van der Waals surface area (Å²) in [4.78, 5) is 25.1. The number of carbonyl (C=O) groups is 2. The fourth-order valence-corrected chi connectivity index (χ4v) is 3.36. The van der Waals surface area contributed by atoms with E-state index < -0.39 is 6.04 Å². The summed E-state index contributed by atoms with van der Waals surface area (Å²) >= 11 is 1.07. The number of ketones is 1. The van der Waals surface area contributed by atoms with Gasteiger partial charge in [-0.3, -0.25) is 9.59 Å². The van der Waals surface area contributed by atoms with Crippen molar-refractivity contribution in [3.05, 3.63) is 22.7 Å². The Hall–Kier alpha value is -1.56. The van der Waals surface area contributed by atoms with Crippen molar-refractivity contribution in [2.24, 2.45) is 5.92 Å². The van der Waals surface area contributed by atoms with Crippen LogP contribution in [0.1, 0.15) is 54.4 Å². The van der Waals surface area contributed by atoms with Gasteiger partial charge in [-0.05, 0) is 50.2 Å². The molecule has 1 heterocycles. The second kappa shape index (κ2) is 7.45. The fraction of sp³-hybridized carbons (Fsp3) is 0.600. The average Bonchev–Trinajstić information content (AvgIpc) is 2.92. The number of rotatable bonds is 5. The number of carbonyl (C=O) groups excluding carboxylic acids is 2. The van der Waals surface area contributed by atoms with Crippen molar-refractivity contribution < 1.29 is 9.59 Å². The minimum atomic E-state index is -0.435. The van der Waals surface area contributed by atoms with Crippen LogP contribution in [0.3, 0.4) is 0 Å². The maximum Gasteiger partial charge on any atom is 0.265 e. The molecule has 0 bridgehead atoms. The molecule has 1 saturated carbocycles. The molecule has 1 amide bonds. The van der Waals surface area contributed by atoms with Gasteiger partial charge in [-0.2, -0.15) is 0 Å². The molecule has 0 aliphatic heterocycles. The molecule has 114 valence electrons. The van der Waals surface area contributed by atoms with E-state index in [1.165, 1.54) is 6.42 Å². The molecule has 6 heteroatoms. The van der Waals surface area contributed by atoms with Crippen molar-refractivity contribution in [1.82, 2.24) is 14.9 Å². The molecule has 2 rings (SSSR count). The number of hydrogen-bond acceptors (Lipinski definition) is 5. The highest BCUT2D eigenvalue weighted by molar-refractivity contribution is 7.08. The number of allylic oxidation sites excluding steroid dienone is 1. The van der Waals surface area contributed by atoms with Gasteiger partial charge in [0.15, 0.2) is 5.78 Å². The van der Waals surface area contributed by atoms with Crippen molar-refractivity contribution >= 4 is 23.2 Å². The Morgan fingerprint density at radius 1 is 1.33 bits per heavy atom. The van der Waals surface area contributed by atoms with Crippen LogP contribution in [0.25, 0.3) is 0 Å². The highest BCUT2D eigenvalue weighted by Crippen LogP contribution is 2.27. The van der Waals surface area contributed by atoms with Crippen LogP contribution in [-0.2, 0) is 4.79 Å². The van der Waals surface area contributed by atoms with Crippen molar-refractivity contribution in [1.29, 1.82) is 0 Å². The molecule has 0 radical (unpaired) electrons. The van der Waals surface area contributed by atoms with Crippen molar-refractivity contribution in [2.45, 2.75) is 52.0 Å². The summed E-state index contributed by atoms with van der Waals surface area (Å²) in [5, 5.41) is 6.75. The summed E-state index contributed by atoms with van der Waals surface area (Å²) in [7, 11) is 0. The lowest BCUT2D eigenvalue weighted by atomic mass is 9.82. The van der Waals surface area contributed by atoms with Gasteiger partial charge in [0.2, 0.25) is 0 Å². The Labute approximate surface area is 129 Å². The first-order chi connectivity index (χ1) is 10.1. The smallest absolute Gasteiger partial charge is 0.265 e. The number of aryl methyl sites for hydroxylation is 1. The SMILES string of the molecule is CC=CC(=O)C(NC(=O)c1snnc1C)C1CCCCC1. The van der Waals surface area contributed by atoms with E-state index >= 15 is 0 Å². The number of aromatic nitrogens is 2. The topological polar surface area (TPSA) is 72.0 Å². The zero-order valence-corrected chi connectivity index (χ0v) is 13.3. The van der Waals surface area contributed by atoms with Crippen LogP contribution in [0.4, 0.5) is 0 Å². The molecule has 1 aromatic heterocycles. The van der Waals surface area contributed by atoms with Gasteiger partial charge in [0, 0.05) is 0 Å². The highest BCUT2D eigenvalue weighted by Gasteiger charge is 2.30. The van der Waals surface area contributed by atoms with Crippen LogP contribution in [-0.4, -0.2) is 27.3 Å². The van der Waals surface area contributed by atoms with Crippen LogP contribution in [0.2, 0.25) is 0 Å². The Balaban J connectivity index is 2.13. The summed E-state index contributed by atoms with van der Waals surface area (Å²) in [5.41, 5.74) is 0.610. The van der Waals surface area contributed by atoms with Crippen molar-refractivity contribution in [3.8, 4) is 0 Å². The summed E-state index contributed by atoms with van der Waals surface area (Å²) in [6, 6.07) is -0.435. The zero-order chi connectivity index (χ0) is 15.2. The van der Waals surface area contributed by atoms with Gasteiger partial charge >= 0.3 is 0 Å². The van der Waals surface area contributed by atoms with E-state index in [9.17, 15) is 9.59 Å². The first kappa shape index (κ1) is 15.8. The second-order valence-corrected chi connectivity index (χ2v) is 6.19. The average molecular weight is 307 g/mol. The van der Waals surface area contributed by atoms with E-state index in [0.29, 0.717) is 10.6 Å². The minimum absolute atomic E-state index is 0.0205. The third kappa shape index (κ3) is 3.97. The van der Waals surface area contributed by atoms with E-state index in [4.69, 9.17) is 0 Å². The molecule has 5 nitrogen and oxygen atoms in total. The molecule has 0 saturated heterocycles. The lowest BCUT2D eigenvalue weighted by Gasteiger charge is -2.29. The third-order valence-corrected chi connectivity index (χ3v) is 4.73. The molecule has 0 spiro atoms. The molecule has 1 N–H and O–H groups in total. The minimum Gasteiger partial charge on any atom is -0.341 e. The van der Waals surface area contributed by atoms with Crippen LogP contribution in [0, 0.1) is 12.8 Å². The third-order valence-electron chi connectivity index (χ3n) is 3.90. The molecular formula is C15H21N3O2S. The van der Waals surface area contributed by atoms with Gasteiger partial charge in [0.05, 0.1) is 11.7 Å². The quantitative estimate of drug-likeness (QED) is 0.849. The van der Waals surface area contributed by atoms with Crippen LogP contribution in [0.15, 0.2) is 12.2 Å². The molecular weight excluding hydrogens is 286 g/mol. The highest BCUT2D eigenvalue weighted by atomic mass is 32.1. The Kier molecular flexibility index (Phi) is 5.61. The first-order valence-electron chi connectivity index (χ1n) is 7.40. The second-order valence-electron chi connectivity index (χ2n) is 5.44. The summed E-state index contributed by atoms with van der Waals surface area (Å²) in [5.74, 6) is -0.0311. The summed E-state index contributed by atoms with van der Waals surface area (Å²) in [6.07, 6.45) is 8.74. The van der Waals surface area contributed by atoms with Gasteiger partial charge in [-0.25, -0.2) is 0 Å². The summed E-state index contributed by atoms with van der Waals surface area (Å²) < 4.78 is 3.78. The van der Waals surface area contributed by atoms with Gasteiger partial charge < -0.3 is 5.32 Å². The summed E-state index contributed by atoms with van der Waals surface area (Å²) in [6.45, 7) is 3.57. The maximum atomic E-state index is 12.3. The lowest BCUT2D eigenvalue weighted by Crippen LogP contribution is -2.46. The van der Waals surface area contributed by atoms with E-state index in [-0.39, 0.29) is 17.6 Å². The van der Waals surface area contributed by atoms with E-state index in [1.807, 2.05) is 6.92 Å². The van der Waals surface area contributed by atoms with E-state index in [0.717, 1.165) is 37.2 Å². The van der Waals surface area contributed by atoms with E-state index in [2.05, 4.69) is 14.9 Å². The Morgan fingerprint density at radius 3 is 2.62 bits per heavy atom. The van der Waals surface area contributed by atoms with Gasteiger partial charge in [0.25, 0.3) is 5.91 Å². The van der Waals surface area contributed by atoms with Crippen molar-refractivity contribution in [3.63, 3.8) is 0 Å². The first-order valence-corrected chi connectivity index (χ1v) is 8.17. The molecule has 21 heavy (non-hydrogen) atoms. The largest absolute Gasteiger partial charge is 0.341 e. The Bertz CT molecular complexity index is 533. The lowest BCUT2D eigenvalue weighted by molar-refractivity contribution is -0.117. The number of nitrogens with zero attached hydrogens (tertiary/aromatic N) is 2. The van der Waals surface area contributed by atoms with Crippen LogP contribution in [0.5, 0.6) is 0 Å². The molecule has 0 aromatic carbocycles. The van der Waals surface area contributed by atoms with Gasteiger partial charge in [-0.1, -0.05) is 29.8 Å². The van der Waals surface area contributed by atoms with Gasteiger partial charge in [0.1, 0.15) is 4.88 Å². The predicted octanol–water partition coefficient (Wildman–Crippen LogP) is 2.67. The number of amides is 1. The van der Waals surface area contributed by atoms with Gasteiger partial charge in [-0.15, -0.1) is 5.10 Å². The predicted molar refractivity (Wildman–Crippen MR) is 82.3 cm³/mol. The molecule has 1 fully saturated rings. The fourth-order valence-electron chi connectivity index (χ4n) is 2.80. The van der Waals surface area contributed by atoms with Crippen LogP contribution >= 0.6 is 11.5 Å².